The van der Waals surface area contributed by atoms with Gasteiger partial charge in [-0.25, -0.2) is 0 Å². The molecule has 0 saturated heterocycles. The number of aryl methyl sites for hydroxylation is 1. The molecule has 1 N–H and O–H groups in total. The Bertz CT molecular complexity index is 314. The molecule has 0 aliphatic heterocycles. The standard InChI is InChI=1S/C12H21N3/c1-9-6-14-15(8-9)11(3)10(2)13-7-12-4-5-12/h6,8,10-13H,4-5,7H2,1-3H3/t10-,11-/m1/s1. The molecule has 2 rings (SSSR count). The summed E-state index contributed by atoms with van der Waals surface area (Å²) in [7, 11) is 0. The predicted molar refractivity (Wildman–Crippen MR) is 61.9 cm³/mol. The van der Waals surface area contributed by atoms with Crippen molar-refractivity contribution in [3.63, 3.8) is 0 Å². The second-order valence-corrected chi connectivity index (χ2v) is 4.88. The summed E-state index contributed by atoms with van der Waals surface area (Å²) in [6, 6.07) is 0.919. The first kappa shape index (κ1) is 10.7. The van der Waals surface area contributed by atoms with E-state index in [0.717, 1.165) is 5.92 Å². The molecule has 0 aromatic carbocycles. The molecule has 1 aliphatic rings. The topological polar surface area (TPSA) is 29.9 Å². The minimum Gasteiger partial charge on any atom is -0.312 e. The number of hydrogen-bond acceptors (Lipinski definition) is 2. The number of rotatable bonds is 5. The zero-order valence-corrected chi connectivity index (χ0v) is 9.90. The van der Waals surface area contributed by atoms with E-state index in [4.69, 9.17) is 0 Å². The minimum atomic E-state index is 0.428. The maximum Gasteiger partial charge on any atom is 0.0641 e. The highest BCUT2D eigenvalue weighted by atomic mass is 15.3. The quantitative estimate of drug-likeness (QED) is 0.801. The van der Waals surface area contributed by atoms with Crippen molar-refractivity contribution < 1.29 is 0 Å². The first-order chi connectivity index (χ1) is 7.16. The van der Waals surface area contributed by atoms with Gasteiger partial charge in [0.1, 0.15) is 0 Å². The van der Waals surface area contributed by atoms with Gasteiger partial charge in [-0.15, -0.1) is 0 Å². The second-order valence-electron chi connectivity index (χ2n) is 4.88. The average molecular weight is 207 g/mol. The third-order valence-corrected chi connectivity index (χ3v) is 3.30. The molecule has 1 heterocycles. The Labute approximate surface area is 91.9 Å². The Hall–Kier alpha value is -0.830. The highest BCUT2D eigenvalue weighted by Gasteiger charge is 2.23. The lowest BCUT2D eigenvalue weighted by atomic mass is 10.1. The third-order valence-electron chi connectivity index (χ3n) is 3.30. The summed E-state index contributed by atoms with van der Waals surface area (Å²) in [5.74, 6) is 0.944. The van der Waals surface area contributed by atoms with E-state index in [-0.39, 0.29) is 0 Å². The van der Waals surface area contributed by atoms with E-state index in [1.165, 1.54) is 24.9 Å². The van der Waals surface area contributed by atoms with Crippen LogP contribution in [0.2, 0.25) is 0 Å². The lowest BCUT2D eigenvalue weighted by Gasteiger charge is -2.21. The first-order valence-corrected chi connectivity index (χ1v) is 5.91. The summed E-state index contributed by atoms with van der Waals surface area (Å²) in [6.45, 7) is 7.71. The number of nitrogens with one attached hydrogen (secondary N) is 1. The largest absolute Gasteiger partial charge is 0.312 e. The van der Waals surface area contributed by atoms with Crippen molar-refractivity contribution in [2.45, 2.75) is 45.7 Å². The normalized spacial score (nSPS) is 20.2. The first-order valence-electron chi connectivity index (χ1n) is 5.91. The Morgan fingerprint density at radius 3 is 2.80 bits per heavy atom. The lowest BCUT2D eigenvalue weighted by molar-refractivity contribution is 0.362. The fourth-order valence-corrected chi connectivity index (χ4v) is 1.73. The van der Waals surface area contributed by atoms with Gasteiger partial charge >= 0.3 is 0 Å². The van der Waals surface area contributed by atoms with Gasteiger partial charge in [0, 0.05) is 12.2 Å². The Kier molecular flexibility index (Phi) is 3.10. The van der Waals surface area contributed by atoms with Crippen molar-refractivity contribution in [3.8, 4) is 0 Å². The number of nitrogens with zero attached hydrogens (tertiary/aromatic N) is 2. The van der Waals surface area contributed by atoms with Gasteiger partial charge in [0.15, 0.2) is 0 Å². The maximum atomic E-state index is 4.36. The number of hydrogen-bond donors (Lipinski definition) is 1. The monoisotopic (exact) mass is 207 g/mol. The SMILES string of the molecule is Cc1cnn([C@H](C)[C@@H](C)NCC2CC2)c1. The predicted octanol–water partition coefficient (Wildman–Crippen LogP) is 2.14. The van der Waals surface area contributed by atoms with Crippen LogP contribution in [0.4, 0.5) is 0 Å². The summed E-state index contributed by atoms with van der Waals surface area (Å²) in [4.78, 5) is 0. The Balaban J connectivity index is 1.85. The molecule has 3 nitrogen and oxygen atoms in total. The Morgan fingerprint density at radius 1 is 1.53 bits per heavy atom. The van der Waals surface area contributed by atoms with E-state index >= 15 is 0 Å². The van der Waals surface area contributed by atoms with Crippen LogP contribution < -0.4 is 5.32 Å². The summed E-state index contributed by atoms with van der Waals surface area (Å²) < 4.78 is 2.06. The number of aromatic nitrogens is 2. The molecular formula is C12H21N3. The molecule has 0 bridgehead atoms. The third kappa shape index (κ3) is 2.81. The smallest absolute Gasteiger partial charge is 0.0641 e. The molecule has 1 saturated carbocycles. The van der Waals surface area contributed by atoms with E-state index in [2.05, 4.69) is 42.1 Å². The molecular weight excluding hydrogens is 186 g/mol. The highest BCUT2D eigenvalue weighted by molar-refractivity contribution is 5.00. The summed E-state index contributed by atoms with van der Waals surface area (Å²) in [5, 5.41) is 7.95. The fourth-order valence-electron chi connectivity index (χ4n) is 1.73. The van der Waals surface area contributed by atoms with Gasteiger partial charge in [-0.05, 0) is 51.6 Å². The van der Waals surface area contributed by atoms with Gasteiger partial charge in [-0.2, -0.15) is 5.10 Å². The van der Waals surface area contributed by atoms with Crippen LogP contribution in [-0.4, -0.2) is 22.4 Å². The van der Waals surface area contributed by atoms with E-state index in [1.807, 2.05) is 6.20 Å². The summed E-state index contributed by atoms with van der Waals surface area (Å²) in [5.41, 5.74) is 1.23. The van der Waals surface area contributed by atoms with Crippen LogP contribution in [-0.2, 0) is 0 Å². The fraction of sp³-hybridized carbons (Fsp3) is 0.750. The van der Waals surface area contributed by atoms with Crippen LogP contribution in [0.1, 0.15) is 38.3 Å². The molecule has 1 aromatic heterocycles. The van der Waals surface area contributed by atoms with Crippen LogP contribution in [0.25, 0.3) is 0 Å². The molecule has 1 aromatic rings. The zero-order valence-electron chi connectivity index (χ0n) is 9.90. The van der Waals surface area contributed by atoms with Crippen LogP contribution in [0.5, 0.6) is 0 Å². The lowest BCUT2D eigenvalue weighted by Crippen LogP contribution is -2.35. The van der Waals surface area contributed by atoms with Gasteiger partial charge in [0.25, 0.3) is 0 Å². The van der Waals surface area contributed by atoms with E-state index in [1.54, 1.807) is 0 Å². The van der Waals surface area contributed by atoms with Crippen LogP contribution in [0.3, 0.4) is 0 Å². The van der Waals surface area contributed by atoms with Crippen molar-refractivity contribution in [2.75, 3.05) is 6.54 Å². The Morgan fingerprint density at radius 2 is 2.27 bits per heavy atom. The van der Waals surface area contributed by atoms with Crippen LogP contribution in [0.15, 0.2) is 12.4 Å². The van der Waals surface area contributed by atoms with Crippen molar-refractivity contribution in [1.82, 2.24) is 15.1 Å². The van der Waals surface area contributed by atoms with Crippen molar-refractivity contribution >= 4 is 0 Å². The summed E-state index contributed by atoms with van der Waals surface area (Å²) in [6.07, 6.45) is 6.86. The van der Waals surface area contributed by atoms with Crippen LogP contribution >= 0.6 is 0 Å². The van der Waals surface area contributed by atoms with Gasteiger partial charge in [-0.3, -0.25) is 4.68 Å². The maximum absolute atomic E-state index is 4.36. The van der Waals surface area contributed by atoms with E-state index < -0.39 is 0 Å². The van der Waals surface area contributed by atoms with Gasteiger partial charge in [-0.1, -0.05) is 0 Å². The van der Waals surface area contributed by atoms with Crippen LogP contribution in [0, 0.1) is 12.8 Å². The molecule has 0 amide bonds. The van der Waals surface area contributed by atoms with Gasteiger partial charge in [0.05, 0.1) is 12.2 Å². The van der Waals surface area contributed by atoms with Crippen molar-refractivity contribution in [2.24, 2.45) is 5.92 Å². The molecule has 0 unspecified atom stereocenters. The molecule has 0 radical (unpaired) electrons. The van der Waals surface area contributed by atoms with Gasteiger partial charge < -0.3 is 5.32 Å². The second kappa shape index (κ2) is 4.35. The summed E-state index contributed by atoms with van der Waals surface area (Å²) >= 11 is 0. The van der Waals surface area contributed by atoms with Gasteiger partial charge in [0.2, 0.25) is 0 Å². The molecule has 1 fully saturated rings. The highest BCUT2D eigenvalue weighted by Crippen LogP contribution is 2.28. The zero-order chi connectivity index (χ0) is 10.8. The molecule has 0 spiro atoms. The van der Waals surface area contributed by atoms with E-state index in [9.17, 15) is 0 Å². The minimum absolute atomic E-state index is 0.428. The molecule has 15 heavy (non-hydrogen) atoms. The molecule has 2 atom stereocenters. The van der Waals surface area contributed by atoms with E-state index in [0.29, 0.717) is 12.1 Å². The molecule has 3 heteroatoms. The molecule has 84 valence electrons. The molecule has 1 aliphatic carbocycles. The average Bonchev–Trinajstić information content (AvgIpc) is 2.95. The van der Waals surface area contributed by atoms with Crippen molar-refractivity contribution in [3.05, 3.63) is 18.0 Å². The van der Waals surface area contributed by atoms with Crippen molar-refractivity contribution in [1.29, 1.82) is 0 Å².